The van der Waals surface area contributed by atoms with E-state index in [4.69, 9.17) is 15.6 Å². The van der Waals surface area contributed by atoms with Gasteiger partial charge in [0.25, 0.3) is 0 Å². The van der Waals surface area contributed by atoms with Crippen LogP contribution >= 0.6 is 0 Å². The molecule has 1 N–H and O–H groups in total. The van der Waals surface area contributed by atoms with Gasteiger partial charge in [0.15, 0.2) is 11.5 Å². The third-order valence-electron chi connectivity index (χ3n) is 2.26. The second kappa shape index (κ2) is 4.40. The van der Waals surface area contributed by atoms with Gasteiger partial charge in [-0.05, 0) is 37.7 Å². The van der Waals surface area contributed by atoms with Crippen molar-refractivity contribution in [3.8, 4) is 17.2 Å². The van der Waals surface area contributed by atoms with Gasteiger partial charge in [-0.1, -0.05) is 0 Å². The van der Waals surface area contributed by atoms with Gasteiger partial charge in [0, 0.05) is 1.37 Å². The van der Waals surface area contributed by atoms with Crippen LogP contribution in [0.5, 0.6) is 17.2 Å². The van der Waals surface area contributed by atoms with E-state index < -0.39 is 0 Å². The molecular weight excluding hydrogens is 194 g/mol. The van der Waals surface area contributed by atoms with E-state index in [-0.39, 0.29) is 13.3 Å². The molecule has 0 aliphatic carbocycles. The van der Waals surface area contributed by atoms with E-state index in [0.717, 1.165) is 5.56 Å². The molecule has 0 fully saturated rings. The highest BCUT2D eigenvalue weighted by atomic mass is 16.7. The fourth-order valence-corrected chi connectivity index (χ4v) is 1.52. The zero-order valence-electron chi connectivity index (χ0n) is 9.87. The lowest BCUT2D eigenvalue weighted by atomic mass is 10.1. The van der Waals surface area contributed by atoms with E-state index >= 15 is 0 Å². The first-order valence-electron chi connectivity index (χ1n) is 5.38. The molecule has 1 aliphatic rings. The molecule has 4 heteroatoms. The van der Waals surface area contributed by atoms with Crippen LogP contribution in [0.25, 0.3) is 0 Å². The molecule has 0 spiro atoms. The van der Waals surface area contributed by atoms with Crippen LogP contribution in [0.15, 0.2) is 12.1 Å². The Hall–Kier alpha value is -1.42. The predicted molar refractivity (Wildman–Crippen MR) is 56.7 cm³/mol. The molecule has 1 heterocycles. The molecule has 82 valence electrons. The Morgan fingerprint density at radius 3 is 3.13 bits per heavy atom. The summed E-state index contributed by atoms with van der Waals surface area (Å²) in [5.74, 6) is 2.00. The van der Waals surface area contributed by atoms with Crippen LogP contribution in [0.2, 0.25) is 0 Å². The van der Waals surface area contributed by atoms with Crippen molar-refractivity contribution in [3.05, 3.63) is 17.7 Å². The van der Waals surface area contributed by atoms with Gasteiger partial charge in [-0.2, -0.15) is 0 Å². The van der Waals surface area contributed by atoms with Crippen molar-refractivity contribution >= 4 is 0 Å². The van der Waals surface area contributed by atoms with Gasteiger partial charge in [0.2, 0.25) is 12.5 Å². The van der Waals surface area contributed by atoms with Crippen LogP contribution < -0.4 is 19.5 Å². The fraction of sp³-hybridized carbons (Fsp3) is 0.455. The number of benzene rings is 1. The van der Waals surface area contributed by atoms with Crippen molar-refractivity contribution in [1.29, 1.82) is 0 Å². The second-order valence-corrected chi connectivity index (χ2v) is 3.23. The molecule has 1 aromatic rings. The SMILES string of the molecule is [2H]C(Cc1cc(OC)c2c(c1)OCO2)NC. The monoisotopic (exact) mass is 210 g/mol. The highest BCUT2D eigenvalue weighted by molar-refractivity contribution is 5.55. The summed E-state index contributed by atoms with van der Waals surface area (Å²) in [4.78, 5) is 0. The number of fused-ring (bicyclic) bond motifs is 1. The van der Waals surface area contributed by atoms with Crippen molar-refractivity contribution in [1.82, 2.24) is 5.32 Å². The molecular formula is C11H15NO3. The second-order valence-electron chi connectivity index (χ2n) is 3.23. The molecule has 0 radical (unpaired) electrons. The number of nitrogens with one attached hydrogen (secondary N) is 1. The molecule has 4 nitrogen and oxygen atoms in total. The van der Waals surface area contributed by atoms with Gasteiger partial charge in [0.1, 0.15) is 0 Å². The largest absolute Gasteiger partial charge is 0.493 e. The van der Waals surface area contributed by atoms with Crippen molar-refractivity contribution in [2.45, 2.75) is 6.42 Å². The van der Waals surface area contributed by atoms with Crippen LogP contribution in [0, 0.1) is 0 Å². The van der Waals surface area contributed by atoms with E-state index in [9.17, 15) is 0 Å². The molecule has 0 saturated heterocycles. The molecule has 1 unspecified atom stereocenters. The first kappa shape index (κ1) is 8.85. The van der Waals surface area contributed by atoms with E-state index in [2.05, 4.69) is 5.32 Å². The highest BCUT2D eigenvalue weighted by Crippen LogP contribution is 2.41. The van der Waals surface area contributed by atoms with Crippen molar-refractivity contribution in [2.75, 3.05) is 27.5 Å². The van der Waals surface area contributed by atoms with Crippen LogP contribution in [0.3, 0.4) is 0 Å². The summed E-state index contributed by atoms with van der Waals surface area (Å²) in [6.45, 7) is -0.101. The number of rotatable bonds is 4. The average molecular weight is 210 g/mol. The fourth-order valence-electron chi connectivity index (χ4n) is 1.52. The Morgan fingerprint density at radius 2 is 2.40 bits per heavy atom. The van der Waals surface area contributed by atoms with Gasteiger partial charge in [-0.3, -0.25) is 0 Å². The summed E-state index contributed by atoms with van der Waals surface area (Å²) in [6.07, 6.45) is 0.601. The molecule has 1 aliphatic heterocycles. The normalized spacial score (nSPS) is 16.0. The van der Waals surface area contributed by atoms with Crippen LogP contribution in [-0.4, -0.2) is 27.5 Å². The lowest BCUT2D eigenvalue weighted by molar-refractivity contribution is 0.171. The molecule has 1 atom stereocenters. The third kappa shape index (κ3) is 1.99. The Morgan fingerprint density at radius 1 is 1.53 bits per heavy atom. The molecule has 0 aromatic heterocycles. The molecule has 0 amide bonds. The molecule has 0 bridgehead atoms. The number of hydrogen-bond donors (Lipinski definition) is 1. The van der Waals surface area contributed by atoms with E-state index in [1.54, 1.807) is 14.2 Å². The summed E-state index contributed by atoms with van der Waals surface area (Å²) in [7, 11) is 3.36. The van der Waals surface area contributed by atoms with E-state index in [1.807, 2.05) is 12.1 Å². The van der Waals surface area contributed by atoms with E-state index in [1.165, 1.54) is 0 Å². The standard InChI is InChI=1S/C11H15NO3/c1-12-4-3-8-5-9(13-2)11-10(6-8)14-7-15-11/h5-6,12H,3-4,7H2,1-2H3/i4D. The van der Waals surface area contributed by atoms with Crippen molar-refractivity contribution in [3.63, 3.8) is 0 Å². The minimum Gasteiger partial charge on any atom is -0.493 e. The lowest BCUT2D eigenvalue weighted by Gasteiger charge is -2.07. The molecule has 2 rings (SSSR count). The Balaban J connectivity index is 2.27. The maximum atomic E-state index is 7.66. The third-order valence-corrected chi connectivity index (χ3v) is 2.26. The first-order valence-corrected chi connectivity index (χ1v) is 4.80. The van der Waals surface area contributed by atoms with Crippen molar-refractivity contribution < 1.29 is 15.6 Å². The Kier molecular flexibility index (Phi) is 2.60. The quantitative estimate of drug-likeness (QED) is 0.810. The minimum atomic E-state index is -0.329. The maximum Gasteiger partial charge on any atom is 0.231 e. The summed E-state index contributed by atoms with van der Waals surface area (Å²) in [5.41, 5.74) is 0.996. The minimum absolute atomic E-state index is 0.228. The number of methoxy groups -OCH3 is 1. The Bertz CT molecular complexity index is 384. The maximum absolute atomic E-state index is 7.66. The number of hydrogen-bond acceptors (Lipinski definition) is 4. The predicted octanol–water partition coefficient (Wildman–Crippen LogP) is 1.19. The van der Waals surface area contributed by atoms with Crippen molar-refractivity contribution in [2.24, 2.45) is 0 Å². The number of ether oxygens (including phenoxy) is 3. The highest BCUT2D eigenvalue weighted by Gasteiger charge is 2.19. The van der Waals surface area contributed by atoms with Gasteiger partial charge >= 0.3 is 0 Å². The summed E-state index contributed by atoms with van der Waals surface area (Å²) < 4.78 is 23.5. The first-order chi connectivity index (χ1) is 7.74. The summed E-state index contributed by atoms with van der Waals surface area (Å²) in [5, 5.41) is 2.87. The zero-order chi connectivity index (χ0) is 11.5. The van der Waals surface area contributed by atoms with Crippen LogP contribution in [0.1, 0.15) is 6.93 Å². The van der Waals surface area contributed by atoms with Crippen LogP contribution in [0.4, 0.5) is 0 Å². The molecule has 0 saturated carbocycles. The van der Waals surface area contributed by atoms with Gasteiger partial charge < -0.3 is 19.5 Å². The van der Waals surface area contributed by atoms with E-state index in [0.29, 0.717) is 23.7 Å². The number of aryl methyl sites for hydroxylation is 1. The lowest BCUT2D eigenvalue weighted by Crippen LogP contribution is -2.10. The smallest absolute Gasteiger partial charge is 0.231 e. The van der Waals surface area contributed by atoms with Gasteiger partial charge in [-0.25, -0.2) is 0 Å². The van der Waals surface area contributed by atoms with Gasteiger partial charge in [0.05, 0.1) is 7.11 Å². The zero-order valence-corrected chi connectivity index (χ0v) is 8.87. The van der Waals surface area contributed by atoms with Gasteiger partial charge in [-0.15, -0.1) is 0 Å². The van der Waals surface area contributed by atoms with Crippen LogP contribution in [-0.2, 0) is 6.42 Å². The molecule has 1 aromatic carbocycles. The molecule has 15 heavy (non-hydrogen) atoms. The topological polar surface area (TPSA) is 39.7 Å². The summed E-state index contributed by atoms with van der Waals surface area (Å²) in [6, 6.07) is 3.77. The number of likely N-dealkylation sites (N-methyl/N-ethyl adjacent to an activating group) is 1. The average Bonchev–Trinajstić information content (AvgIpc) is 2.75. The summed E-state index contributed by atoms with van der Waals surface area (Å²) >= 11 is 0. The Labute approximate surface area is 90.5 Å².